The highest BCUT2D eigenvalue weighted by Crippen LogP contribution is 2.41. The Bertz CT molecular complexity index is 1590. The summed E-state index contributed by atoms with van der Waals surface area (Å²) >= 11 is 8.46. The van der Waals surface area contributed by atoms with E-state index in [1.165, 1.54) is 23.9 Å². The molecule has 0 N–H and O–H groups in total. The van der Waals surface area contributed by atoms with E-state index in [2.05, 4.69) is 31.9 Å². The number of aliphatic imine (C=N–C) groups is 1. The summed E-state index contributed by atoms with van der Waals surface area (Å²) in [6.07, 6.45) is 1.82. The number of rotatable bonds is 6. The van der Waals surface area contributed by atoms with Crippen LogP contribution in [0.4, 0.5) is 15.8 Å². The van der Waals surface area contributed by atoms with Crippen LogP contribution in [0.3, 0.4) is 0 Å². The van der Waals surface area contributed by atoms with Gasteiger partial charge in [-0.05, 0) is 102 Å². The molecule has 1 heterocycles. The van der Waals surface area contributed by atoms with Crippen molar-refractivity contribution in [1.29, 1.82) is 0 Å². The van der Waals surface area contributed by atoms with Crippen molar-refractivity contribution >= 4 is 72.1 Å². The van der Waals surface area contributed by atoms with Crippen LogP contribution < -0.4 is 9.64 Å². The van der Waals surface area contributed by atoms with Crippen molar-refractivity contribution in [3.05, 3.63) is 127 Å². The molecule has 4 nitrogen and oxygen atoms in total. The molecule has 39 heavy (non-hydrogen) atoms. The van der Waals surface area contributed by atoms with Crippen molar-refractivity contribution < 1.29 is 13.9 Å². The Morgan fingerprint density at radius 1 is 0.923 bits per heavy atom. The number of nitrogens with zero attached hydrogens (tertiary/aromatic N) is 2. The summed E-state index contributed by atoms with van der Waals surface area (Å²) in [4.78, 5) is 20.8. The third kappa shape index (κ3) is 6.52. The van der Waals surface area contributed by atoms with Gasteiger partial charge in [-0.3, -0.25) is 9.69 Å². The standard InChI is InChI=1S/C31H23Br2FN2O2S/c1-19-3-11-25(12-4-19)35-31-36(26-13-5-20(2)6-14-26)30(37)28(39-31)16-22-15-23(32)17-27(33)29(22)38-18-21-7-9-24(34)10-8-21/h3-17H,18H2,1-2H3/b28-16-,35-31?. The minimum absolute atomic E-state index is 0.171. The molecule has 5 rings (SSSR count). The van der Waals surface area contributed by atoms with Crippen LogP contribution in [0, 0.1) is 19.7 Å². The van der Waals surface area contributed by atoms with E-state index in [0.717, 1.165) is 42.6 Å². The van der Waals surface area contributed by atoms with Gasteiger partial charge in [-0.1, -0.05) is 63.5 Å². The molecule has 1 fully saturated rings. The number of carbonyl (C=O) groups is 1. The monoisotopic (exact) mass is 664 g/mol. The lowest BCUT2D eigenvalue weighted by Crippen LogP contribution is -2.28. The van der Waals surface area contributed by atoms with Gasteiger partial charge in [0.25, 0.3) is 5.91 Å². The molecule has 4 aromatic rings. The highest BCUT2D eigenvalue weighted by atomic mass is 79.9. The first kappa shape index (κ1) is 27.4. The van der Waals surface area contributed by atoms with E-state index in [1.54, 1.807) is 17.0 Å². The van der Waals surface area contributed by atoms with Gasteiger partial charge < -0.3 is 4.74 Å². The summed E-state index contributed by atoms with van der Waals surface area (Å²) in [5.74, 6) is 0.108. The first-order valence-electron chi connectivity index (χ1n) is 12.1. The van der Waals surface area contributed by atoms with E-state index in [4.69, 9.17) is 9.73 Å². The third-order valence-electron chi connectivity index (χ3n) is 5.98. The lowest BCUT2D eigenvalue weighted by molar-refractivity contribution is -0.113. The number of benzene rings is 4. The molecule has 0 radical (unpaired) electrons. The van der Waals surface area contributed by atoms with Gasteiger partial charge in [-0.25, -0.2) is 9.38 Å². The van der Waals surface area contributed by atoms with E-state index in [1.807, 2.05) is 80.6 Å². The van der Waals surface area contributed by atoms with E-state index >= 15 is 0 Å². The van der Waals surface area contributed by atoms with Gasteiger partial charge in [-0.15, -0.1) is 0 Å². The lowest BCUT2D eigenvalue weighted by atomic mass is 10.1. The van der Waals surface area contributed by atoms with Crippen LogP contribution in [0.25, 0.3) is 6.08 Å². The number of carbonyl (C=O) groups excluding carboxylic acids is 1. The molecule has 0 bridgehead atoms. The molecular weight excluding hydrogens is 643 g/mol. The van der Waals surface area contributed by atoms with E-state index < -0.39 is 0 Å². The van der Waals surface area contributed by atoms with Crippen LogP contribution in [0.5, 0.6) is 5.75 Å². The number of amides is 1. The van der Waals surface area contributed by atoms with Gasteiger partial charge in [0.15, 0.2) is 5.17 Å². The zero-order chi connectivity index (χ0) is 27.5. The normalized spacial score (nSPS) is 15.4. The second-order valence-corrected chi connectivity index (χ2v) is 11.8. The summed E-state index contributed by atoms with van der Waals surface area (Å²) in [6, 6.07) is 25.6. The maximum absolute atomic E-state index is 13.8. The van der Waals surface area contributed by atoms with Crippen molar-refractivity contribution in [2.75, 3.05) is 4.90 Å². The van der Waals surface area contributed by atoms with E-state index in [9.17, 15) is 9.18 Å². The van der Waals surface area contributed by atoms with Gasteiger partial charge in [-0.2, -0.15) is 0 Å². The molecule has 1 aliphatic heterocycles. The topological polar surface area (TPSA) is 41.9 Å². The van der Waals surface area contributed by atoms with Crippen LogP contribution in [0.2, 0.25) is 0 Å². The Hall–Kier alpha value is -3.20. The van der Waals surface area contributed by atoms with Gasteiger partial charge in [0.2, 0.25) is 0 Å². The number of ether oxygens (including phenoxy) is 1. The summed E-state index contributed by atoms with van der Waals surface area (Å²) in [6.45, 7) is 4.28. The Balaban J connectivity index is 1.53. The molecule has 0 spiro atoms. The molecule has 196 valence electrons. The van der Waals surface area contributed by atoms with E-state index in [0.29, 0.717) is 15.8 Å². The first-order chi connectivity index (χ1) is 18.8. The highest BCUT2D eigenvalue weighted by molar-refractivity contribution is 9.11. The number of aryl methyl sites for hydroxylation is 2. The summed E-state index contributed by atoms with van der Waals surface area (Å²) in [5.41, 5.74) is 5.30. The number of amidine groups is 1. The number of thioether (sulfide) groups is 1. The zero-order valence-corrected chi connectivity index (χ0v) is 25.1. The molecule has 0 atom stereocenters. The molecule has 0 aromatic heterocycles. The number of hydrogen-bond acceptors (Lipinski definition) is 4. The Morgan fingerprint density at radius 3 is 2.23 bits per heavy atom. The highest BCUT2D eigenvalue weighted by Gasteiger charge is 2.35. The van der Waals surface area contributed by atoms with Crippen LogP contribution in [-0.2, 0) is 11.4 Å². The largest absolute Gasteiger partial charge is 0.487 e. The maximum Gasteiger partial charge on any atom is 0.271 e. The van der Waals surface area contributed by atoms with Gasteiger partial charge in [0.05, 0.1) is 20.8 Å². The van der Waals surface area contributed by atoms with Gasteiger partial charge in [0.1, 0.15) is 18.2 Å². The molecule has 4 aromatic carbocycles. The Kier molecular flexibility index (Phi) is 8.35. The number of anilines is 1. The van der Waals surface area contributed by atoms with Crippen molar-refractivity contribution in [3.63, 3.8) is 0 Å². The fourth-order valence-electron chi connectivity index (χ4n) is 3.92. The minimum atomic E-state index is -0.299. The van der Waals surface area contributed by atoms with Crippen LogP contribution in [0.1, 0.15) is 22.3 Å². The van der Waals surface area contributed by atoms with Crippen LogP contribution >= 0.6 is 43.6 Å². The molecule has 0 saturated carbocycles. The molecule has 1 saturated heterocycles. The molecule has 1 aliphatic rings. The van der Waals surface area contributed by atoms with Crippen molar-refractivity contribution in [1.82, 2.24) is 0 Å². The Labute approximate surface area is 247 Å². The molecule has 8 heteroatoms. The predicted octanol–water partition coefficient (Wildman–Crippen LogP) is 9.36. The van der Waals surface area contributed by atoms with Crippen molar-refractivity contribution in [3.8, 4) is 5.75 Å². The zero-order valence-electron chi connectivity index (χ0n) is 21.1. The number of hydrogen-bond donors (Lipinski definition) is 0. The van der Waals surface area contributed by atoms with Crippen molar-refractivity contribution in [2.45, 2.75) is 20.5 Å². The molecule has 0 unspecified atom stereocenters. The SMILES string of the molecule is Cc1ccc(N=C2S/C(=C\c3cc(Br)cc(Br)c3OCc3ccc(F)cc3)C(=O)N2c2ccc(C)cc2)cc1. The average molecular weight is 666 g/mol. The fraction of sp³-hybridized carbons (Fsp3) is 0.0968. The van der Waals surface area contributed by atoms with Crippen LogP contribution in [0.15, 0.2) is 104 Å². The molecule has 1 amide bonds. The maximum atomic E-state index is 13.8. The van der Waals surface area contributed by atoms with Gasteiger partial charge in [0, 0.05) is 10.0 Å². The summed E-state index contributed by atoms with van der Waals surface area (Å²) in [5, 5.41) is 0.571. The summed E-state index contributed by atoms with van der Waals surface area (Å²) in [7, 11) is 0. The quantitative estimate of drug-likeness (QED) is 0.193. The summed E-state index contributed by atoms with van der Waals surface area (Å²) < 4.78 is 21.0. The molecule has 0 aliphatic carbocycles. The first-order valence-corrected chi connectivity index (χ1v) is 14.5. The fourth-order valence-corrected chi connectivity index (χ4v) is 6.28. The third-order valence-corrected chi connectivity index (χ3v) is 7.99. The smallest absolute Gasteiger partial charge is 0.271 e. The second-order valence-electron chi connectivity index (χ2n) is 9.04. The minimum Gasteiger partial charge on any atom is -0.487 e. The second kappa shape index (κ2) is 11.9. The van der Waals surface area contributed by atoms with E-state index in [-0.39, 0.29) is 18.3 Å². The van der Waals surface area contributed by atoms with Crippen molar-refractivity contribution in [2.24, 2.45) is 4.99 Å². The predicted molar refractivity (Wildman–Crippen MR) is 165 cm³/mol. The average Bonchev–Trinajstić information content (AvgIpc) is 3.20. The van der Waals surface area contributed by atoms with Gasteiger partial charge >= 0.3 is 0 Å². The Morgan fingerprint density at radius 2 is 1.56 bits per heavy atom. The lowest BCUT2D eigenvalue weighted by Gasteiger charge is -2.16. The number of halogens is 3. The van der Waals surface area contributed by atoms with Crippen LogP contribution in [-0.4, -0.2) is 11.1 Å². The molecular formula is C31H23Br2FN2O2S.